The van der Waals surface area contributed by atoms with E-state index < -0.39 is 30.1 Å². The SMILES string of the molecule is CC1(C)OB(C(CC(=O)O)c2cc(Cl)cc(Cl)c2)OC1(C)C. The molecule has 4 nitrogen and oxygen atoms in total. The number of carbonyl (C=O) groups is 1. The number of aliphatic carboxylic acids is 1. The van der Waals surface area contributed by atoms with Crippen LogP contribution in [-0.4, -0.2) is 29.4 Å². The molecule has 0 saturated carbocycles. The molecule has 1 aromatic rings. The molecule has 1 saturated heterocycles. The smallest absolute Gasteiger partial charge is 0.466 e. The van der Waals surface area contributed by atoms with Crippen molar-refractivity contribution in [2.75, 3.05) is 0 Å². The van der Waals surface area contributed by atoms with Crippen molar-refractivity contribution in [3.63, 3.8) is 0 Å². The molecule has 1 heterocycles. The summed E-state index contributed by atoms with van der Waals surface area (Å²) >= 11 is 12.1. The summed E-state index contributed by atoms with van der Waals surface area (Å²) in [7, 11) is -0.671. The number of carboxylic acid groups (broad SMARTS) is 1. The van der Waals surface area contributed by atoms with E-state index >= 15 is 0 Å². The topological polar surface area (TPSA) is 55.8 Å². The number of benzene rings is 1. The molecule has 0 amide bonds. The third-order valence-corrected chi connectivity index (χ3v) is 4.74. The Morgan fingerprint density at radius 3 is 2.00 bits per heavy atom. The fourth-order valence-electron chi connectivity index (χ4n) is 2.40. The van der Waals surface area contributed by atoms with Gasteiger partial charge in [-0.1, -0.05) is 23.2 Å². The van der Waals surface area contributed by atoms with Crippen LogP contribution in [0.2, 0.25) is 10.0 Å². The van der Waals surface area contributed by atoms with Crippen molar-refractivity contribution < 1.29 is 19.2 Å². The highest BCUT2D eigenvalue weighted by molar-refractivity contribution is 6.48. The second-order valence-corrected chi connectivity index (χ2v) is 7.40. The van der Waals surface area contributed by atoms with Gasteiger partial charge in [0.05, 0.1) is 17.6 Å². The van der Waals surface area contributed by atoms with Gasteiger partial charge in [-0.3, -0.25) is 4.79 Å². The highest BCUT2D eigenvalue weighted by atomic mass is 35.5. The van der Waals surface area contributed by atoms with Gasteiger partial charge < -0.3 is 14.4 Å². The monoisotopic (exact) mass is 344 g/mol. The van der Waals surface area contributed by atoms with E-state index in [-0.39, 0.29) is 6.42 Å². The molecule has 1 N–H and O–H groups in total. The van der Waals surface area contributed by atoms with E-state index in [0.717, 1.165) is 0 Å². The Labute approximate surface area is 140 Å². The van der Waals surface area contributed by atoms with E-state index in [0.29, 0.717) is 15.6 Å². The molecular formula is C15H19BCl2O4. The molecule has 22 heavy (non-hydrogen) atoms. The standard InChI is InChI=1S/C15H19BCl2O4/c1-14(2)15(3,4)22-16(21-14)12(8-13(19)20)9-5-10(17)7-11(18)6-9/h5-7,12H,8H2,1-4H3,(H,19,20). The zero-order chi connectivity index (χ0) is 16.7. The predicted molar refractivity (Wildman–Crippen MR) is 87.5 cm³/mol. The first-order valence-electron chi connectivity index (χ1n) is 7.05. The molecule has 2 rings (SSSR count). The van der Waals surface area contributed by atoms with Crippen molar-refractivity contribution in [2.45, 2.75) is 51.1 Å². The van der Waals surface area contributed by atoms with E-state index in [1.807, 2.05) is 27.7 Å². The molecule has 7 heteroatoms. The maximum absolute atomic E-state index is 11.3. The number of hydrogen-bond donors (Lipinski definition) is 1. The lowest BCUT2D eigenvalue weighted by Gasteiger charge is -2.32. The van der Waals surface area contributed by atoms with Gasteiger partial charge in [-0.05, 0) is 51.5 Å². The Hall–Kier alpha value is -0.745. The normalized spacial score (nSPS) is 20.9. The summed E-state index contributed by atoms with van der Waals surface area (Å²) in [6.07, 6.45) is -0.131. The Bertz CT molecular complexity index is 553. The van der Waals surface area contributed by atoms with Crippen molar-refractivity contribution in [3.8, 4) is 0 Å². The van der Waals surface area contributed by atoms with Crippen LogP contribution in [0.5, 0.6) is 0 Å². The Kier molecular flexibility index (Phi) is 4.84. The van der Waals surface area contributed by atoms with Gasteiger partial charge in [-0.25, -0.2) is 0 Å². The highest BCUT2D eigenvalue weighted by Gasteiger charge is 2.54. The number of rotatable bonds is 4. The van der Waals surface area contributed by atoms with Gasteiger partial charge >= 0.3 is 13.1 Å². The molecule has 1 aliphatic rings. The quantitative estimate of drug-likeness (QED) is 0.832. The fraction of sp³-hybridized carbons (Fsp3) is 0.533. The highest BCUT2D eigenvalue weighted by Crippen LogP contribution is 2.42. The number of carboxylic acids is 1. The lowest BCUT2D eigenvalue weighted by Crippen LogP contribution is -2.41. The Balaban J connectivity index is 2.37. The van der Waals surface area contributed by atoms with Gasteiger partial charge in [0.25, 0.3) is 0 Å². The molecule has 0 aliphatic carbocycles. The van der Waals surface area contributed by atoms with Crippen LogP contribution >= 0.6 is 23.2 Å². The van der Waals surface area contributed by atoms with Crippen molar-refractivity contribution in [2.24, 2.45) is 0 Å². The second-order valence-electron chi connectivity index (χ2n) is 6.53. The molecule has 1 atom stereocenters. The van der Waals surface area contributed by atoms with Crippen molar-refractivity contribution >= 4 is 36.3 Å². The van der Waals surface area contributed by atoms with Gasteiger partial charge in [-0.15, -0.1) is 0 Å². The van der Waals surface area contributed by atoms with Crippen molar-refractivity contribution in [1.82, 2.24) is 0 Å². The lowest BCUT2D eigenvalue weighted by molar-refractivity contribution is -0.137. The molecule has 0 aromatic heterocycles. The zero-order valence-electron chi connectivity index (χ0n) is 13.0. The number of halogens is 2. The van der Waals surface area contributed by atoms with E-state index in [1.54, 1.807) is 18.2 Å². The minimum absolute atomic E-state index is 0.131. The summed E-state index contributed by atoms with van der Waals surface area (Å²) in [5.41, 5.74) is -0.369. The summed E-state index contributed by atoms with van der Waals surface area (Å²) in [4.78, 5) is 11.3. The average molecular weight is 345 g/mol. The van der Waals surface area contributed by atoms with Crippen molar-refractivity contribution in [3.05, 3.63) is 33.8 Å². The molecular weight excluding hydrogens is 326 g/mol. The van der Waals surface area contributed by atoms with Gasteiger partial charge in [0.1, 0.15) is 0 Å². The second kappa shape index (κ2) is 6.04. The van der Waals surface area contributed by atoms with Crippen molar-refractivity contribution in [1.29, 1.82) is 0 Å². The molecule has 0 bridgehead atoms. The minimum atomic E-state index is -0.934. The molecule has 1 fully saturated rings. The van der Waals surface area contributed by atoms with E-state index in [4.69, 9.17) is 32.5 Å². The minimum Gasteiger partial charge on any atom is -0.481 e. The van der Waals surface area contributed by atoms with Crippen LogP contribution in [0.25, 0.3) is 0 Å². The molecule has 120 valence electrons. The zero-order valence-corrected chi connectivity index (χ0v) is 14.5. The van der Waals surface area contributed by atoms with Crippen LogP contribution < -0.4 is 0 Å². The van der Waals surface area contributed by atoms with Crippen LogP contribution in [0.4, 0.5) is 0 Å². The first kappa shape index (κ1) is 17.6. The summed E-state index contributed by atoms with van der Waals surface area (Å²) in [5.74, 6) is -1.43. The summed E-state index contributed by atoms with van der Waals surface area (Å²) in [6, 6.07) is 5.01. The van der Waals surface area contributed by atoms with Gasteiger partial charge in [0.2, 0.25) is 0 Å². The maximum atomic E-state index is 11.3. The van der Waals surface area contributed by atoms with Crippen LogP contribution in [0.15, 0.2) is 18.2 Å². The lowest BCUT2D eigenvalue weighted by atomic mass is 9.66. The van der Waals surface area contributed by atoms with Gasteiger partial charge in [-0.2, -0.15) is 0 Å². The fourth-order valence-corrected chi connectivity index (χ4v) is 2.94. The molecule has 0 spiro atoms. The Morgan fingerprint density at radius 1 is 1.14 bits per heavy atom. The van der Waals surface area contributed by atoms with Crippen LogP contribution in [0.1, 0.15) is 45.5 Å². The van der Waals surface area contributed by atoms with E-state index in [1.165, 1.54) is 0 Å². The largest absolute Gasteiger partial charge is 0.481 e. The molecule has 1 aliphatic heterocycles. The summed E-state index contributed by atoms with van der Waals surface area (Å²) in [6.45, 7) is 7.71. The molecule has 1 aromatic carbocycles. The van der Waals surface area contributed by atoms with E-state index in [2.05, 4.69) is 0 Å². The molecule has 1 unspecified atom stereocenters. The maximum Gasteiger partial charge on any atom is 0.466 e. The first-order valence-corrected chi connectivity index (χ1v) is 7.81. The van der Waals surface area contributed by atoms with Crippen LogP contribution in [0.3, 0.4) is 0 Å². The average Bonchev–Trinajstić information content (AvgIpc) is 2.53. The van der Waals surface area contributed by atoms with Crippen LogP contribution in [-0.2, 0) is 14.1 Å². The van der Waals surface area contributed by atoms with E-state index in [9.17, 15) is 9.90 Å². The van der Waals surface area contributed by atoms with Crippen LogP contribution in [0, 0.1) is 0 Å². The summed E-state index contributed by atoms with van der Waals surface area (Å²) < 4.78 is 12.0. The predicted octanol–water partition coefficient (Wildman–Crippen LogP) is 4.18. The Morgan fingerprint density at radius 2 is 1.59 bits per heavy atom. The number of hydrogen-bond acceptors (Lipinski definition) is 3. The summed E-state index contributed by atoms with van der Waals surface area (Å²) in [5, 5.41) is 10.1. The third kappa shape index (κ3) is 3.59. The van der Waals surface area contributed by atoms with Gasteiger partial charge in [0.15, 0.2) is 0 Å². The van der Waals surface area contributed by atoms with Gasteiger partial charge in [0, 0.05) is 15.9 Å². The third-order valence-electron chi connectivity index (χ3n) is 4.31. The molecule has 0 radical (unpaired) electrons. The first-order chi connectivity index (χ1) is 10.0.